The number of ether oxygens (including phenoxy) is 3. The van der Waals surface area contributed by atoms with Gasteiger partial charge in [0.15, 0.2) is 11.5 Å². The van der Waals surface area contributed by atoms with Crippen LogP contribution in [0.4, 0.5) is 0 Å². The number of nitrogens with zero attached hydrogens (tertiary/aromatic N) is 2. The Balaban J connectivity index is 1.68. The van der Waals surface area contributed by atoms with Crippen molar-refractivity contribution in [3.63, 3.8) is 0 Å². The van der Waals surface area contributed by atoms with Crippen LogP contribution in [0.1, 0.15) is 39.7 Å². The van der Waals surface area contributed by atoms with Gasteiger partial charge < -0.3 is 19.1 Å². The number of hydrogen-bond donors (Lipinski definition) is 0. The zero-order valence-corrected chi connectivity index (χ0v) is 17.9. The monoisotopic (exact) mass is 390 g/mol. The van der Waals surface area contributed by atoms with E-state index in [9.17, 15) is 4.79 Å². The first-order chi connectivity index (χ1) is 13.3. The summed E-state index contributed by atoms with van der Waals surface area (Å²) in [5.41, 5.74) is 1.23. The predicted molar refractivity (Wildman–Crippen MR) is 109 cm³/mol. The van der Waals surface area contributed by atoms with Crippen molar-refractivity contribution in [2.45, 2.75) is 52.8 Å². The lowest BCUT2D eigenvalue weighted by Gasteiger charge is -2.34. The van der Waals surface area contributed by atoms with Gasteiger partial charge in [0.1, 0.15) is 6.61 Å². The minimum absolute atomic E-state index is 0.0290. The van der Waals surface area contributed by atoms with E-state index in [0.717, 1.165) is 44.1 Å². The molecule has 3 rings (SSSR count). The maximum atomic E-state index is 12.3. The summed E-state index contributed by atoms with van der Waals surface area (Å²) in [6, 6.07) is 6.38. The molecule has 2 aliphatic heterocycles. The van der Waals surface area contributed by atoms with E-state index >= 15 is 0 Å². The highest BCUT2D eigenvalue weighted by atomic mass is 16.5. The van der Waals surface area contributed by atoms with Crippen molar-refractivity contribution in [3.05, 3.63) is 23.8 Å². The number of carbonyl (C=O) groups is 1. The van der Waals surface area contributed by atoms with Gasteiger partial charge in [-0.2, -0.15) is 0 Å². The third kappa shape index (κ3) is 4.78. The van der Waals surface area contributed by atoms with Gasteiger partial charge >= 0.3 is 0 Å². The average molecular weight is 391 g/mol. The molecule has 28 heavy (non-hydrogen) atoms. The fourth-order valence-corrected chi connectivity index (χ4v) is 4.23. The lowest BCUT2D eigenvalue weighted by molar-refractivity contribution is -0.135. The number of rotatable bonds is 6. The Morgan fingerprint density at radius 2 is 1.96 bits per heavy atom. The van der Waals surface area contributed by atoms with Crippen LogP contribution in [0.15, 0.2) is 18.2 Å². The molecule has 0 aromatic heterocycles. The highest BCUT2D eigenvalue weighted by Crippen LogP contribution is 2.36. The number of benzene rings is 1. The third-order valence-corrected chi connectivity index (χ3v) is 5.60. The molecule has 1 amide bonds. The molecule has 2 heterocycles. The van der Waals surface area contributed by atoms with Crippen LogP contribution in [0.5, 0.6) is 11.5 Å². The Hall–Kier alpha value is -1.79. The molecule has 2 fully saturated rings. The van der Waals surface area contributed by atoms with E-state index in [-0.39, 0.29) is 30.1 Å². The van der Waals surface area contributed by atoms with Gasteiger partial charge in [0.25, 0.3) is 0 Å². The number of carbonyl (C=O) groups excluding carboxylic acids is 1. The number of methoxy groups -OCH3 is 1. The Kier molecular flexibility index (Phi) is 6.50. The molecule has 1 aromatic rings. The van der Waals surface area contributed by atoms with Crippen LogP contribution in [0.3, 0.4) is 0 Å². The van der Waals surface area contributed by atoms with Crippen molar-refractivity contribution in [3.8, 4) is 11.5 Å². The van der Waals surface area contributed by atoms with Gasteiger partial charge in [-0.3, -0.25) is 9.69 Å². The van der Waals surface area contributed by atoms with Gasteiger partial charge in [0.2, 0.25) is 5.91 Å². The molecule has 0 aliphatic carbocycles. The molecular weight excluding hydrogens is 356 g/mol. The van der Waals surface area contributed by atoms with Crippen LogP contribution in [0.25, 0.3) is 0 Å². The predicted octanol–water partition coefficient (Wildman–Crippen LogP) is 2.94. The van der Waals surface area contributed by atoms with E-state index in [0.29, 0.717) is 6.61 Å². The normalized spacial score (nSPS) is 23.7. The molecule has 1 atom stereocenters. The van der Waals surface area contributed by atoms with Crippen LogP contribution in [0.2, 0.25) is 0 Å². The van der Waals surface area contributed by atoms with E-state index in [2.05, 4.69) is 30.9 Å². The summed E-state index contributed by atoms with van der Waals surface area (Å²) >= 11 is 0. The molecular formula is C22H34N2O4. The lowest BCUT2D eigenvalue weighted by atomic mass is 9.87. The summed E-state index contributed by atoms with van der Waals surface area (Å²) < 4.78 is 17.1. The average Bonchev–Trinajstić information content (AvgIpc) is 2.94. The Morgan fingerprint density at radius 1 is 1.18 bits per heavy atom. The summed E-state index contributed by atoms with van der Waals surface area (Å²) in [6.45, 7) is 12.6. The van der Waals surface area contributed by atoms with Crippen molar-refractivity contribution in [1.82, 2.24) is 9.80 Å². The molecule has 6 heteroatoms. The third-order valence-electron chi connectivity index (χ3n) is 5.60. The first-order valence-electron chi connectivity index (χ1n) is 10.2. The van der Waals surface area contributed by atoms with Gasteiger partial charge in [-0.15, -0.1) is 0 Å². The van der Waals surface area contributed by atoms with Crippen molar-refractivity contribution in [1.29, 1.82) is 0 Å². The minimum atomic E-state index is 0.0290. The molecule has 1 spiro atoms. The van der Waals surface area contributed by atoms with Gasteiger partial charge in [0, 0.05) is 31.1 Å². The van der Waals surface area contributed by atoms with Crippen LogP contribution >= 0.6 is 0 Å². The molecule has 156 valence electrons. The summed E-state index contributed by atoms with van der Waals surface area (Å²) in [5.74, 6) is 1.66. The molecule has 2 aliphatic rings. The van der Waals surface area contributed by atoms with Gasteiger partial charge in [0.05, 0.1) is 19.8 Å². The molecule has 0 radical (unpaired) electrons. The van der Waals surface area contributed by atoms with Gasteiger partial charge in [-0.05, 0) is 58.4 Å². The zero-order chi connectivity index (χ0) is 20.3. The van der Waals surface area contributed by atoms with Gasteiger partial charge in [-0.25, -0.2) is 0 Å². The second-order valence-corrected chi connectivity index (χ2v) is 8.72. The number of likely N-dealkylation sites (tertiary alicyclic amines) is 1. The van der Waals surface area contributed by atoms with E-state index < -0.39 is 0 Å². The molecule has 0 saturated carbocycles. The highest BCUT2D eigenvalue weighted by Gasteiger charge is 2.43. The maximum absolute atomic E-state index is 12.3. The van der Waals surface area contributed by atoms with Crippen LogP contribution in [-0.4, -0.2) is 67.8 Å². The summed E-state index contributed by atoms with van der Waals surface area (Å²) in [7, 11) is 1.68. The standard InChI is InChI=1S/C22H34N2O4/c1-16(2)24-14-22(15-27-12-21(24)25)8-9-23(13-22)11-18-6-7-19(28-17(3)4)20(10-18)26-5/h6-7,10,16-17H,8-9,11-15H2,1-5H3. The largest absolute Gasteiger partial charge is 0.493 e. The van der Waals surface area contributed by atoms with E-state index in [1.54, 1.807) is 7.11 Å². The first kappa shape index (κ1) is 20.9. The van der Waals surface area contributed by atoms with E-state index in [4.69, 9.17) is 14.2 Å². The fourth-order valence-electron chi connectivity index (χ4n) is 4.23. The first-order valence-corrected chi connectivity index (χ1v) is 10.2. The lowest BCUT2D eigenvalue weighted by Crippen LogP contribution is -2.45. The molecule has 1 aromatic carbocycles. The Bertz CT molecular complexity index is 691. The molecule has 2 saturated heterocycles. The molecule has 0 bridgehead atoms. The number of hydrogen-bond acceptors (Lipinski definition) is 5. The zero-order valence-electron chi connectivity index (χ0n) is 17.9. The maximum Gasteiger partial charge on any atom is 0.248 e. The van der Waals surface area contributed by atoms with Gasteiger partial charge in [-0.1, -0.05) is 6.07 Å². The molecule has 0 N–H and O–H groups in total. The van der Waals surface area contributed by atoms with Crippen molar-refractivity contribution >= 4 is 5.91 Å². The quantitative estimate of drug-likeness (QED) is 0.748. The second kappa shape index (κ2) is 8.70. The summed E-state index contributed by atoms with van der Waals surface area (Å²) in [4.78, 5) is 16.7. The Morgan fingerprint density at radius 3 is 2.64 bits per heavy atom. The van der Waals surface area contributed by atoms with Crippen molar-refractivity contribution in [2.75, 3.05) is 40.0 Å². The second-order valence-electron chi connectivity index (χ2n) is 8.72. The summed E-state index contributed by atoms with van der Waals surface area (Å²) in [6.07, 6.45) is 1.16. The minimum Gasteiger partial charge on any atom is -0.493 e. The SMILES string of the molecule is COc1cc(CN2CCC3(COCC(=O)N(C(C)C)C3)C2)ccc1OC(C)C. The van der Waals surface area contributed by atoms with Crippen LogP contribution in [-0.2, 0) is 16.1 Å². The van der Waals surface area contributed by atoms with Crippen LogP contribution in [0, 0.1) is 5.41 Å². The Labute approximate surface area is 168 Å². The van der Waals surface area contributed by atoms with Crippen LogP contribution < -0.4 is 9.47 Å². The number of amides is 1. The highest BCUT2D eigenvalue weighted by molar-refractivity contribution is 5.78. The van der Waals surface area contributed by atoms with E-state index in [1.807, 2.05) is 24.8 Å². The topological polar surface area (TPSA) is 51.2 Å². The fraction of sp³-hybridized carbons (Fsp3) is 0.682. The van der Waals surface area contributed by atoms with Crippen molar-refractivity contribution < 1.29 is 19.0 Å². The van der Waals surface area contributed by atoms with Crippen molar-refractivity contribution in [2.24, 2.45) is 5.41 Å². The van der Waals surface area contributed by atoms with E-state index in [1.165, 1.54) is 5.56 Å². The molecule has 1 unspecified atom stereocenters. The summed E-state index contributed by atoms with van der Waals surface area (Å²) in [5, 5.41) is 0. The molecule has 6 nitrogen and oxygen atoms in total. The smallest absolute Gasteiger partial charge is 0.248 e.